The Morgan fingerprint density at radius 2 is 2.00 bits per heavy atom. The first kappa shape index (κ1) is 16.7. The number of imidazole rings is 1. The summed E-state index contributed by atoms with van der Waals surface area (Å²) in [4.78, 5) is 16.0. The molecule has 0 spiro atoms. The molecule has 0 amide bonds. The van der Waals surface area contributed by atoms with Crippen molar-refractivity contribution in [1.82, 2.24) is 19.9 Å². The molecule has 4 nitrogen and oxygen atoms in total. The van der Waals surface area contributed by atoms with E-state index in [1.165, 1.54) is 48.9 Å². The molecule has 28 heavy (non-hydrogen) atoms. The first-order chi connectivity index (χ1) is 13.7. The summed E-state index contributed by atoms with van der Waals surface area (Å²) in [7, 11) is 0. The third kappa shape index (κ3) is 2.61. The molecule has 4 heteroatoms. The van der Waals surface area contributed by atoms with E-state index in [0.717, 1.165) is 36.0 Å². The maximum Gasteiger partial charge on any atom is 0.0973 e. The summed E-state index contributed by atoms with van der Waals surface area (Å²) >= 11 is 0. The number of hydrogen-bond acceptors (Lipinski definition) is 3. The Balaban J connectivity index is 1.40. The van der Waals surface area contributed by atoms with E-state index in [9.17, 15) is 0 Å². The second kappa shape index (κ2) is 6.15. The minimum absolute atomic E-state index is 0.180. The quantitative estimate of drug-likeness (QED) is 0.710. The van der Waals surface area contributed by atoms with Gasteiger partial charge < -0.3 is 4.98 Å². The zero-order valence-corrected chi connectivity index (χ0v) is 16.6. The number of nitrogens with zero attached hydrogens (tertiary/aromatic N) is 3. The van der Waals surface area contributed by atoms with Crippen molar-refractivity contribution in [2.75, 3.05) is 6.54 Å². The van der Waals surface area contributed by atoms with Crippen LogP contribution in [0.15, 0.2) is 42.7 Å². The Labute approximate surface area is 166 Å². The van der Waals surface area contributed by atoms with Gasteiger partial charge in [0.25, 0.3) is 0 Å². The number of nitrogens with one attached hydrogen (secondary N) is 1. The molecule has 2 fully saturated rings. The molecule has 2 aliphatic carbocycles. The van der Waals surface area contributed by atoms with Crippen LogP contribution >= 0.6 is 0 Å². The molecule has 0 radical (unpaired) electrons. The lowest BCUT2D eigenvalue weighted by molar-refractivity contribution is 0.0718. The van der Waals surface area contributed by atoms with Gasteiger partial charge in [0.15, 0.2) is 0 Å². The van der Waals surface area contributed by atoms with Gasteiger partial charge in [0.2, 0.25) is 0 Å². The van der Waals surface area contributed by atoms with E-state index < -0.39 is 0 Å². The minimum atomic E-state index is 0.180. The number of aromatic nitrogens is 3. The molecule has 1 N–H and O–H groups in total. The van der Waals surface area contributed by atoms with E-state index in [1.807, 2.05) is 6.33 Å². The fourth-order valence-corrected chi connectivity index (χ4v) is 5.85. The average Bonchev–Trinajstić information content (AvgIpc) is 3.31. The molecule has 6 rings (SSSR count). The van der Waals surface area contributed by atoms with Crippen molar-refractivity contribution < 1.29 is 0 Å². The molecule has 3 aromatic rings. The largest absolute Gasteiger partial charge is 0.348 e. The van der Waals surface area contributed by atoms with Crippen LogP contribution in [0.25, 0.3) is 10.9 Å². The highest BCUT2D eigenvalue weighted by atomic mass is 15.3. The number of benzene rings is 1. The van der Waals surface area contributed by atoms with Gasteiger partial charge in [0.1, 0.15) is 0 Å². The van der Waals surface area contributed by atoms with Crippen LogP contribution in [0, 0.1) is 11.8 Å². The van der Waals surface area contributed by atoms with Crippen LogP contribution in [-0.4, -0.2) is 31.9 Å². The molecular formula is C24H28N4. The molecular weight excluding hydrogens is 344 g/mol. The normalized spacial score (nSPS) is 28.7. The molecule has 2 aromatic heterocycles. The lowest BCUT2D eigenvalue weighted by Gasteiger charge is -2.44. The van der Waals surface area contributed by atoms with Gasteiger partial charge in [-0.2, -0.15) is 0 Å². The molecule has 1 aliphatic heterocycles. The lowest BCUT2D eigenvalue weighted by atomic mass is 9.72. The predicted octanol–water partition coefficient (Wildman–Crippen LogP) is 4.87. The van der Waals surface area contributed by atoms with Crippen LogP contribution in [0.5, 0.6) is 0 Å². The van der Waals surface area contributed by atoms with Gasteiger partial charge in [0, 0.05) is 29.6 Å². The van der Waals surface area contributed by atoms with E-state index in [2.05, 4.69) is 53.2 Å². The Bertz CT molecular complexity index is 1010. The van der Waals surface area contributed by atoms with E-state index in [4.69, 9.17) is 9.97 Å². The van der Waals surface area contributed by atoms with Gasteiger partial charge in [-0.3, -0.25) is 9.88 Å². The average molecular weight is 373 g/mol. The third-order valence-electron chi connectivity index (χ3n) is 7.40. The maximum atomic E-state index is 5.10. The molecule has 3 aliphatic rings. The highest BCUT2D eigenvalue weighted by Gasteiger charge is 2.54. The van der Waals surface area contributed by atoms with Crippen molar-refractivity contribution in [3.05, 3.63) is 59.8 Å². The number of rotatable bonds is 4. The van der Waals surface area contributed by atoms with E-state index in [0.29, 0.717) is 5.54 Å². The van der Waals surface area contributed by atoms with Crippen molar-refractivity contribution >= 4 is 10.9 Å². The van der Waals surface area contributed by atoms with Crippen molar-refractivity contribution in [1.29, 1.82) is 0 Å². The fourth-order valence-electron chi connectivity index (χ4n) is 5.85. The van der Waals surface area contributed by atoms with Gasteiger partial charge in [-0.05, 0) is 56.1 Å². The van der Waals surface area contributed by atoms with Crippen LogP contribution in [0.1, 0.15) is 62.2 Å². The number of pyridine rings is 1. The van der Waals surface area contributed by atoms with Crippen LogP contribution in [0.2, 0.25) is 0 Å². The molecule has 0 bridgehead atoms. The van der Waals surface area contributed by atoms with Gasteiger partial charge in [0.05, 0.1) is 29.3 Å². The summed E-state index contributed by atoms with van der Waals surface area (Å²) in [6.07, 6.45) is 9.81. The summed E-state index contributed by atoms with van der Waals surface area (Å²) in [6.45, 7) is 3.51. The number of hydrogen-bond donors (Lipinski definition) is 1. The SMILES string of the molecule is CC1CC(CC2(N3CCc4[nH]cnc4[C@@H]3c3ccc4ccccc4n3)CC2)C1. The molecule has 0 saturated heterocycles. The predicted molar refractivity (Wildman–Crippen MR) is 111 cm³/mol. The van der Waals surface area contributed by atoms with Crippen molar-refractivity contribution in [2.45, 2.75) is 57.0 Å². The van der Waals surface area contributed by atoms with Crippen LogP contribution in [0.3, 0.4) is 0 Å². The summed E-state index contributed by atoms with van der Waals surface area (Å²) in [6, 6.07) is 13.1. The summed E-state index contributed by atoms with van der Waals surface area (Å²) in [5.41, 5.74) is 5.10. The second-order valence-corrected chi connectivity index (χ2v) is 9.41. The highest BCUT2D eigenvalue weighted by Crippen LogP contribution is 2.55. The molecule has 144 valence electrons. The number of aromatic amines is 1. The van der Waals surface area contributed by atoms with E-state index >= 15 is 0 Å². The van der Waals surface area contributed by atoms with Crippen molar-refractivity contribution in [2.24, 2.45) is 11.8 Å². The van der Waals surface area contributed by atoms with Crippen LogP contribution in [-0.2, 0) is 6.42 Å². The summed E-state index contributed by atoms with van der Waals surface area (Å²) < 4.78 is 0. The minimum Gasteiger partial charge on any atom is -0.348 e. The smallest absolute Gasteiger partial charge is 0.0973 e. The second-order valence-electron chi connectivity index (χ2n) is 9.41. The lowest BCUT2D eigenvalue weighted by Crippen LogP contribution is -2.47. The zero-order chi connectivity index (χ0) is 18.7. The van der Waals surface area contributed by atoms with Crippen LogP contribution in [0.4, 0.5) is 0 Å². The molecule has 2 saturated carbocycles. The number of fused-ring (bicyclic) bond motifs is 2. The van der Waals surface area contributed by atoms with E-state index in [-0.39, 0.29) is 6.04 Å². The Morgan fingerprint density at radius 1 is 1.14 bits per heavy atom. The van der Waals surface area contributed by atoms with Gasteiger partial charge >= 0.3 is 0 Å². The first-order valence-electron chi connectivity index (χ1n) is 10.9. The standard InChI is InChI=1S/C24H28N4/c1-16-12-17(13-16)14-24(9-10-24)28-11-8-20-22(26-15-25-20)23(28)21-7-6-18-4-2-3-5-19(18)27-21/h2-7,15-17,23H,8-14H2,1H3,(H,25,26)/t16?,17?,23-/m0/s1. The molecule has 1 atom stereocenters. The monoisotopic (exact) mass is 372 g/mol. The van der Waals surface area contributed by atoms with Gasteiger partial charge in [-0.15, -0.1) is 0 Å². The van der Waals surface area contributed by atoms with Gasteiger partial charge in [-0.1, -0.05) is 31.2 Å². The van der Waals surface area contributed by atoms with E-state index in [1.54, 1.807) is 0 Å². The summed E-state index contributed by atoms with van der Waals surface area (Å²) in [5, 5.41) is 1.21. The van der Waals surface area contributed by atoms with Crippen molar-refractivity contribution in [3.8, 4) is 0 Å². The highest BCUT2D eigenvalue weighted by molar-refractivity contribution is 5.78. The number of H-pyrrole nitrogens is 1. The molecule has 1 aromatic carbocycles. The number of para-hydroxylation sites is 1. The topological polar surface area (TPSA) is 44.8 Å². The molecule has 0 unspecified atom stereocenters. The first-order valence-corrected chi connectivity index (χ1v) is 10.9. The summed E-state index contributed by atoms with van der Waals surface area (Å²) in [5.74, 6) is 1.85. The fraction of sp³-hybridized carbons (Fsp3) is 0.500. The Hall–Kier alpha value is -2.20. The zero-order valence-electron chi connectivity index (χ0n) is 16.6. The van der Waals surface area contributed by atoms with Crippen LogP contribution < -0.4 is 0 Å². The molecule has 3 heterocycles. The van der Waals surface area contributed by atoms with Crippen molar-refractivity contribution in [3.63, 3.8) is 0 Å². The van der Waals surface area contributed by atoms with Gasteiger partial charge in [-0.25, -0.2) is 4.98 Å². The Morgan fingerprint density at radius 3 is 2.82 bits per heavy atom. The maximum absolute atomic E-state index is 5.10. The Kier molecular flexibility index (Phi) is 3.67. The third-order valence-corrected chi connectivity index (χ3v) is 7.40.